The average Bonchev–Trinajstić information content (AvgIpc) is 3.25. The van der Waals surface area contributed by atoms with Gasteiger partial charge in [0.2, 0.25) is 0 Å². The molecule has 0 atom stereocenters. The molecule has 1 aromatic carbocycles. The van der Waals surface area contributed by atoms with Gasteiger partial charge >= 0.3 is 0 Å². The lowest BCUT2D eigenvalue weighted by atomic mass is 10.1. The molecule has 3 heteroatoms. The fraction of sp³-hybridized carbons (Fsp3) is 0.562. The van der Waals surface area contributed by atoms with E-state index in [2.05, 4.69) is 17.5 Å². The van der Waals surface area contributed by atoms with Crippen molar-refractivity contribution in [1.82, 2.24) is 4.90 Å². The number of benzene rings is 1. The van der Waals surface area contributed by atoms with Crippen LogP contribution in [0.25, 0.3) is 0 Å². The van der Waals surface area contributed by atoms with Crippen LogP contribution >= 0.6 is 12.6 Å². The van der Waals surface area contributed by atoms with Crippen molar-refractivity contribution in [2.75, 3.05) is 13.1 Å². The lowest BCUT2D eigenvalue weighted by Gasteiger charge is -2.23. The van der Waals surface area contributed by atoms with Gasteiger partial charge in [0.1, 0.15) is 0 Å². The molecule has 0 aliphatic heterocycles. The molecule has 0 heterocycles. The second-order valence-electron chi connectivity index (χ2n) is 6.10. The van der Waals surface area contributed by atoms with Crippen molar-refractivity contribution in [3.8, 4) is 0 Å². The first kappa shape index (κ1) is 13.0. The Bertz CT molecular complexity index is 478. The van der Waals surface area contributed by atoms with Crippen molar-refractivity contribution < 1.29 is 4.79 Å². The maximum absolute atomic E-state index is 12.7. The molecule has 1 aromatic rings. The second-order valence-corrected chi connectivity index (χ2v) is 6.61. The number of aryl methyl sites for hydroxylation is 1. The summed E-state index contributed by atoms with van der Waals surface area (Å²) in [6.45, 7) is 3.91. The molecule has 1 amide bonds. The molecule has 0 spiro atoms. The largest absolute Gasteiger partial charge is 0.338 e. The zero-order valence-corrected chi connectivity index (χ0v) is 12.3. The summed E-state index contributed by atoms with van der Waals surface area (Å²) in [5, 5.41) is 0. The number of hydrogen-bond acceptors (Lipinski definition) is 2. The first-order valence-electron chi connectivity index (χ1n) is 7.22. The van der Waals surface area contributed by atoms with Gasteiger partial charge in [0, 0.05) is 23.5 Å². The molecule has 2 nitrogen and oxygen atoms in total. The van der Waals surface area contributed by atoms with Gasteiger partial charge in [0.05, 0.1) is 0 Å². The zero-order chi connectivity index (χ0) is 13.4. The van der Waals surface area contributed by atoms with Gasteiger partial charge < -0.3 is 4.90 Å². The molecule has 3 rings (SSSR count). The molecule has 0 unspecified atom stereocenters. The Labute approximate surface area is 120 Å². The zero-order valence-electron chi connectivity index (χ0n) is 11.4. The van der Waals surface area contributed by atoms with Gasteiger partial charge in [-0.2, -0.15) is 0 Å². The fourth-order valence-corrected chi connectivity index (χ4v) is 2.68. The highest BCUT2D eigenvalue weighted by Crippen LogP contribution is 2.34. The molecule has 0 saturated heterocycles. The van der Waals surface area contributed by atoms with Gasteiger partial charge in [-0.05, 0) is 62.1 Å². The SMILES string of the molecule is Cc1ccc(S)cc1C(=O)N(CC1CC1)CC1CC1. The highest BCUT2D eigenvalue weighted by atomic mass is 32.1. The van der Waals surface area contributed by atoms with E-state index in [4.69, 9.17) is 0 Å². The first-order chi connectivity index (χ1) is 9.13. The second kappa shape index (κ2) is 5.20. The smallest absolute Gasteiger partial charge is 0.254 e. The molecule has 19 heavy (non-hydrogen) atoms. The summed E-state index contributed by atoms with van der Waals surface area (Å²) in [6.07, 6.45) is 5.17. The number of nitrogens with zero attached hydrogens (tertiary/aromatic N) is 1. The summed E-state index contributed by atoms with van der Waals surface area (Å²) in [6, 6.07) is 5.84. The van der Waals surface area contributed by atoms with E-state index in [0.717, 1.165) is 40.9 Å². The standard InChI is InChI=1S/C16H21NOS/c1-11-2-7-14(19)8-15(11)16(18)17(9-12-3-4-12)10-13-5-6-13/h2,7-8,12-13,19H,3-6,9-10H2,1H3. The lowest BCUT2D eigenvalue weighted by molar-refractivity contribution is 0.0738. The third-order valence-electron chi connectivity index (χ3n) is 4.09. The van der Waals surface area contributed by atoms with Crippen LogP contribution in [0.3, 0.4) is 0 Å². The summed E-state index contributed by atoms with van der Waals surface area (Å²) in [4.78, 5) is 15.7. The van der Waals surface area contributed by atoms with Crippen LogP contribution in [-0.4, -0.2) is 23.9 Å². The molecule has 0 aromatic heterocycles. The molecule has 2 aliphatic rings. The maximum Gasteiger partial charge on any atom is 0.254 e. The van der Waals surface area contributed by atoms with E-state index in [1.807, 2.05) is 25.1 Å². The number of thiol groups is 1. The molecule has 0 N–H and O–H groups in total. The number of carbonyl (C=O) groups is 1. The number of hydrogen-bond donors (Lipinski definition) is 1. The van der Waals surface area contributed by atoms with Crippen LogP contribution in [0, 0.1) is 18.8 Å². The predicted molar refractivity (Wildman–Crippen MR) is 79.8 cm³/mol. The van der Waals surface area contributed by atoms with Gasteiger partial charge in [-0.15, -0.1) is 12.6 Å². The molecular weight excluding hydrogens is 254 g/mol. The van der Waals surface area contributed by atoms with Crippen LogP contribution in [0.5, 0.6) is 0 Å². The Kier molecular flexibility index (Phi) is 3.57. The molecule has 0 radical (unpaired) electrons. The summed E-state index contributed by atoms with van der Waals surface area (Å²) >= 11 is 4.36. The van der Waals surface area contributed by atoms with E-state index in [1.54, 1.807) is 0 Å². The van der Waals surface area contributed by atoms with E-state index in [0.29, 0.717) is 0 Å². The quantitative estimate of drug-likeness (QED) is 0.815. The Balaban J connectivity index is 1.78. The van der Waals surface area contributed by atoms with Crippen LogP contribution in [0.15, 0.2) is 23.1 Å². The first-order valence-corrected chi connectivity index (χ1v) is 7.67. The van der Waals surface area contributed by atoms with Crippen molar-refractivity contribution >= 4 is 18.5 Å². The number of carbonyl (C=O) groups excluding carboxylic acids is 1. The average molecular weight is 275 g/mol. The van der Waals surface area contributed by atoms with Crippen LogP contribution in [-0.2, 0) is 0 Å². The van der Waals surface area contributed by atoms with E-state index in [-0.39, 0.29) is 5.91 Å². The van der Waals surface area contributed by atoms with Crippen molar-refractivity contribution in [3.05, 3.63) is 29.3 Å². The van der Waals surface area contributed by atoms with Crippen LogP contribution in [0.1, 0.15) is 41.6 Å². The van der Waals surface area contributed by atoms with Crippen molar-refractivity contribution in [1.29, 1.82) is 0 Å². The van der Waals surface area contributed by atoms with Gasteiger partial charge in [-0.1, -0.05) is 6.07 Å². The maximum atomic E-state index is 12.7. The fourth-order valence-electron chi connectivity index (χ4n) is 2.48. The third-order valence-corrected chi connectivity index (χ3v) is 4.37. The highest BCUT2D eigenvalue weighted by Gasteiger charge is 2.32. The van der Waals surface area contributed by atoms with Crippen LogP contribution in [0.2, 0.25) is 0 Å². The van der Waals surface area contributed by atoms with Crippen molar-refractivity contribution in [2.24, 2.45) is 11.8 Å². The molecule has 2 saturated carbocycles. The summed E-state index contributed by atoms with van der Waals surface area (Å²) < 4.78 is 0. The van der Waals surface area contributed by atoms with Crippen molar-refractivity contribution in [3.63, 3.8) is 0 Å². The van der Waals surface area contributed by atoms with Crippen LogP contribution in [0.4, 0.5) is 0 Å². The minimum atomic E-state index is 0.201. The summed E-state index contributed by atoms with van der Waals surface area (Å²) in [7, 11) is 0. The Morgan fingerprint density at radius 2 is 1.79 bits per heavy atom. The summed E-state index contributed by atoms with van der Waals surface area (Å²) in [5.74, 6) is 1.71. The predicted octanol–water partition coefficient (Wildman–Crippen LogP) is 3.55. The topological polar surface area (TPSA) is 20.3 Å². The lowest BCUT2D eigenvalue weighted by Crippen LogP contribution is -2.35. The minimum Gasteiger partial charge on any atom is -0.338 e. The molecule has 0 bridgehead atoms. The molecule has 2 aliphatic carbocycles. The van der Waals surface area contributed by atoms with Gasteiger partial charge in [-0.25, -0.2) is 0 Å². The number of amides is 1. The third kappa shape index (κ3) is 3.33. The highest BCUT2D eigenvalue weighted by molar-refractivity contribution is 7.80. The van der Waals surface area contributed by atoms with E-state index < -0.39 is 0 Å². The number of rotatable bonds is 5. The Morgan fingerprint density at radius 3 is 2.32 bits per heavy atom. The van der Waals surface area contributed by atoms with E-state index >= 15 is 0 Å². The molecule has 2 fully saturated rings. The Morgan fingerprint density at radius 1 is 1.21 bits per heavy atom. The minimum absolute atomic E-state index is 0.201. The van der Waals surface area contributed by atoms with Crippen molar-refractivity contribution in [2.45, 2.75) is 37.5 Å². The van der Waals surface area contributed by atoms with Crippen LogP contribution < -0.4 is 0 Å². The molecular formula is C16H21NOS. The van der Waals surface area contributed by atoms with E-state index in [1.165, 1.54) is 25.7 Å². The van der Waals surface area contributed by atoms with Gasteiger partial charge in [0.15, 0.2) is 0 Å². The van der Waals surface area contributed by atoms with Gasteiger partial charge in [-0.3, -0.25) is 4.79 Å². The monoisotopic (exact) mass is 275 g/mol. The van der Waals surface area contributed by atoms with Gasteiger partial charge in [0.25, 0.3) is 5.91 Å². The molecule has 102 valence electrons. The summed E-state index contributed by atoms with van der Waals surface area (Å²) in [5.41, 5.74) is 1.88. The Hall–Kier alpha value is -0.960. The normalized spacial score (nSPS) is 18.4. The van der Waals surface area contributed by atoms with E-state index in [9.17, 15) is 4.79 Å².